The Morgan fingerprint density at radius 1 is 1.04 bits per heavy atom. The van der Waals surface area contributed by atoms with Crippen LogP contribution >= 0.6 is 37.2 Å². The summed E-state index contributed by atoms with van der Waals surface area (Å²) in [7, 11) is 0. The average molecular weight is 379 g/mol. The number of halogens is 3. The van der Waals surface area contributed by atoms with Crippen molar-refractivity contribution in [2.24, 2.45) is 0 Å². The average Bonchev–Trinajstić information content (AvgIpc) is 2.95. The summed E-state index contributed by atoms with van der Waals surface area (Å²) >= 11 is 0. The molecule has 0 aliphatic carbocycles. The van der Waals surface area contributed by atoms with Crippen LogP contribution in [0.1, 0.15) is 18.7 Å². The Morgan fingerprint density at radius 2 is 1.83 bits per heavy atom. The van der Waals surface area contributed by atoms with Crippen LogP contribution in [0.25, 0.3) is 11.3 Å². The highest BCUT2D eigenvalue weighted by Gasteiger charge is 2.40. The molecular formula is C15H22Cl3N5. The van der Waals surface area contributed by atoms with Gasteiger partial charge in [0.2, 0.25) is 0 Å². The van der Waals surface area contributed by atoms with Crippen molar-refractivity contribution in [3.05, 3.63) is 36.5 Å². The molecule has 1 spiro atoms. The zero-order chi connectivity index (χ0) is 13.4. The Morgan fingerprint density at radius 3 is 2.52 bits per heavy atom. The van der Waals surface area contributed by atoms with Crippen molar-refractivity contribution in [1.82, 2.24) is 25.2 Å². The van der Waals surface area contributed by atoms with E-state index in [1.54, 1.807) is 0 Å². The van der Waals surface area contributed by atoms with Gasteiger partial charge in [0, 0.05) is 31.0 Å². The van der Waals surface area contributed by atoms with Crippen LogP contribution in [0.2, 0.25) is 0 Å². The van der Waals surface area contributed by atoms with Gasteiger partial charge < -0.3 is 15.2 Å². The minimum atomic E-state index is 0. The van der Waals surface area contributed by atoms with E-state index in [-0.39, 0.29) is 42.8 Å². The minimum Gasteiger partial charge on any atom is -0.325 e. The van der Waals surface area contributed by atoms with Gasteiger partial charge in [-0.2, -0.15) is 0 Å². The van der Waals surface area contributed by atoms with Gasteiger partial charge in [0.1, 0.15) is 5.82 Å². The SMILES string of the molecule is Cl.Cl.Cl.c1cncc(-c2cnc3n2CCNC32CCNCC2)c1. The molecule has 128 valence electrons. The number of aromatic nitrogens is 3. The van der Waals surface area contributed by atoms with Crippen LogP contribution in [0.15, 0.2) is 30.7 Å². The fourth-order valence-electron chi connectivity index (χ4n) is 3.47. The zero-order valence-electron chi connectivity index (χ0n) is 12.7. The lowest BCUT2D eigenvalue weighted by molar-refractivity contribution is 0.200. The van der Waals surface area contributed by atoms with Gasteiger partial charge in [-0.25, -0.2) is 4.98 Å². The summed E-state index contributed by atoms with van der Waals surface area (Å²) in [5.41, 5.74) is 2.40. The second-order valence-corrected chi connectivity index (χ2v) is 5.62. The highest BCUT2D eigenvalue weighted by Crippen LogP contribution is 2.34. The molecule has 4 heterocycles. The zero-order valence-corrected chi connectivity index (χ0v) is 15.1. The van der Waals surface area contributed by atoms with Gasteiger partial charge in [-0.1, -0.05) is 0 Å². The summed E-state index contributed by atoms with van der Waals surface area (Å²) in [5.74, 6) is 1.20. The smallest absolute Gasteiger partial charge is 0.129 e. The van der Waals surface area contributed by atoms with Crippen LogP contribution in [-0.4, -0.2) is 34.2 Å². The third-order valence-corrected chi connectivity index (χ3v) is 4.50. The van der Waals surface area contributed by atoms with Gasteiger partial charge >= 0.3 is 0 Å². The number of piperidine rings is 1. The van der Waals surface area contributed by atoms with E-state index in [1.165, 1.54) is 11.5 Å². The van der Waals surface area contributed by atoms with E-state index in [1.807, 2.05) is 24.7 Å². The van der Waals surface area contributed by atoms with Crippen molar-refractivity contribution in [3.63, 3.8) is 0 Å². The Balaban J connectivity index is 0.000000882. The largest absolute Gasteiger partial charge is 0.325 e. The van der Waals surface area contributed by atoms with E-state index < -0.39 is 0 Å². The Kier molecular flexibility index (Phi) is 7.29. The molecule has 2 aliphatic heterocycles. The second kappa shape index (κ2) is 8.31. The van der Waals surface area contributed by atoms with Gasteiger partial charge in [-0.3, -0.25) is 4.98 Å². The molecule has 5 nitrogen and oxygen atoms in total. The van der Waals surface area contributed by atoms with E-state index in [2.05, 4.69) is 26.3 Å². The molecule has 1 saturated heterocycles. The number of rotatable bonds is 1. The number of imidazole rings is 1. The Labute approximate surface area is 154 Å². The van der Waals surface area contributed by atoms with E-state index >= 15 is 0 Å². The maximum Gasteiger partial charge on any atom is 0.129 e. The highest BCUT2D eigenvalue weighted by molar-refractivity contribution is 5.86. The standard InChI is InChI=1S/C15H19N5.3ClH/c1-2-12(10-17-5-1)13-11-18-14-15(3-6-16-7-4-15)19-8-9-20(13)14;;;/h1-2,5,10-11,16,19H,3-4,6-9H2;3*1H. The first kappa shape index (κ1) is 20.2. The van der Waals surface area contributed by atoms with Crippen molar-refractivity contribution < 1.29 is 0 Å². The van der Waals surface area contributed by atoms with Crippen molar-refractivity contribution in [2.75, 3.05) is 19.6 Å². The third-order valence-electron chi connectivity index (χ3n) is 4.50. The fourth-order valence-corrected chi connectivity index (χ4v) is 3.47. The first-order valence-corrected chi connectivity index (χ1v) is 7.31. The molecule has 2 aromatic heterocycles. The number of pyridine rings is 1. The lowest BCUT2D eigenvalue weighted by Gasteiger charge is -2.41. The maximum absolute atomic E-state index is 4.75. The molecular weight excluding hydrogens is 357 g/mol. The number of hydrogen-bond donors (Lipinski definition) is 2. The van der Waals surface area contributed by atoms with Crippen LogP contribution in [0.4, 0.5) is 0 Å². The number of hydrogen-bond acceptors (Lipinski definition) is 4. The van der Waals surface area contributed by atoms with Gasteiger partial charge in [-0.15, -0.1) is 37.2 Å². The van der Waals surface area contributed by atoms with E-state index in [9.17, 15) is 0 Å². The van der Waals surface area contributed by atoms with Crippen LogP contribution in [0.3, 0.4) is 0 Å². The molecule has 0 saturated carbocycles. The monoisotopic (exact) mass is 377 g/mol. The lowest BCUT2D eigenvalue weighted by Crippen LogP contribution is -2.55. The summed E-state index contributed by atoms with van der Waals surface area (Å²) in [4.78, 5) is 8.98. The predicted octanol–water partition coefficient (Wildman–Crippen LogP) is 2.39. The van der Waals surface area contributed by atoms with Crippen LogP contribution < -0.4 is 10.6 Å². The van der Waals surface area contributed by atoms with Gasteiger partial charge in [-0.05, 0) is 38.1 Å². The molecule has 8 heteroatoms. The van der Waals surface area contributed by atoms with Crippen LogP contribution in [0, 0.1) is 0 Å². The third kappa shape index (κ3) is 3.49. The van der Waals surface area contributed by atoms with Crippen LogP contribution in [0.5, 0.6) is 0 Å². The normalized spacial score (nSPS) is 18.1. The minimum absolute atomic E-state index is 0. The van der Waals surface area contributed by atoms with Gasteiger partial charge in [0.05, 0.1) is 17.4 Å². The molecule has 0 radical (unpaired) electrons. The maximum atomic E-state index is 4.75. The van der Waals surface area contributed by atoms with E-state index in [4.69, 9.17) is 4.98 Å². The van der Waals surface area contributed by atoms with Crippen LogP contribution in [-0.2, 0) is 12.1 Å². The molecule has 0 aromatic carbocycles. The number of nitrogens with one attached hydrogen (secondary N) is 2. The molecule has 1 fully saturated rings. The molecule has 0 amide bonds. The molecule has 0 unspecified atom stereocenters. The van der Waals surface area contributed by atoms with Crippen molar-refractivity contribution >= 4 is 37.2 Å². The molecule has 2 N–H and O–H groups in total. The molecule has 0 bridgehead atoms. The summed E-state index contributed by atoms with van der Waals surface area (Å²) in [6.45, 7) is 4.11. The summed E-state index contributed by atoms with van der Waals surface area (Å²) in [6, 6.07) is 4.09. The topological polar surface area (TPSA) is 54.8 Å². The van der Waals surface area contributed by atoms with Gasteiger partial charge in [0.25, 0.3) is 0 Å². The number of nitrogens with zero attached hydrogens (tertiary/aromatic N) is 3. The molecule has 2 aromatic rings. The van der Waals surface area contributed by atoms with Crippen molar-refractivity contribution in [1.29, 1.82) is 0 Å². The molecule has 2 aliphatic rings. The van der Waals surface area contributed by atoms with Crippen molar-refractivity contribution in [3.8, 4) is 11.3 Å². The Bertz CT molecular complexity index is 611. The quantitative estimate of drug-likeness (QED) is 0.800. The second-order valence-electron chi connectivity index (χ2n) is 5.62. The summed E-state index contributed by atoms with van der Waals surface area (Å²) in [6.07, 6.45) is 7.95. The summed E-state index contributed by atoms with van der Waals surface area (Å²) < 4.78 is 2.37. The lowest BCUT2D eigenvalue weighted by atomic mass is 9.86. The van der Waals surface area contributed by atoms with Gasteiger partial charge in [0.15, 0.2) is 0 Å². The molecule has 4 rings (SSSR count). The first-order valence-electron chi connectivity index (χ1n) is 7.31. The molecule has 23 heavy (non-hydrogen) atoms. The fraction of sp³-hybridized carbons (Fsp3) is 0.467. The predicted molar refractivity (Wildman–Crippen MR) is 99.0 cm³/mol. The highest BCUT2D eigenvalue weighted by atomic mass is 35.5. The number of fused-ring (bicyclic) bond motifs is 2. The summed E-state index contributed by atoms with van der Waals surface area (Å²) in [5, 5.41) is 7.16. The first-order chi connectivity index (χ1) is 9.89. The van der Waals surface area contributed by atoms with E-state index in [0.717, 1.165) is 44.6 Å². The molecule has 0 atom stereocenters. The Hall–Kier alpha value is -0.850. The van der Waals surface area contributed by atoms with Crippen molar-refractivity contribution in [2.45, 2.75) is 24.9 Å². The van der Waals surface area contributed by atoms with E-state index in [0.29, 0.717) is 0 Å².